The highest BCUT2D eigenvalue weighted by Crippen LogP contribution is 2.11. The zero-order valence-electron chi connectivity index (χ0n) is 9.97. The van der Waals surface area contributed by atoms with Gasteiger partial charge in [0.1, 0.15) is 18.2 Å². The highest BCUT2D eigenvalue weighted by Gasteiger charge is 2.16. The molecule has 4 nitrogen and oxygen atoms in total. The Morgan fingerprint density at radius 1 is 1.33 bits per heavy atom. The summed E-state index contributed by atoms with van der Waals surface area (Å²) in [5.74, 6) is 0.122. The lowest BCUT2D eigenvalue weighted by molar-refractivity contribution is 0.286. The molecule has 0 aliphatic rings. The standard InChI is InChI=1S/C11H15ClFNO3S/c1-14(18(15,16)9-6-12)7-8-17-11-4-2-10(13)3-5-11/h2-5H,6-9H2,1H3. The van der Waals surface area contributed by atoms with Gasteiger partial charge in [0.05, 0.1) is 5.75 Å². The molecule has 0 aliphatic carbocycles. The lowest BCUT2D eigenvalue weighted by Crippen LogP contribution is -2.33. The average molecular weight is 296 g/mol. The third kappa shape index (κ3) is 4.80. The molecule has 0 radical (unpaired) electrons. The minimum atomic E-state index is -3.31. The fourth-order valence-electron chi connectivity index (χ4n) is 1.22. The van der Waals surface area contributed by atoms with E-state index in [0.717, 1.165) is 0 Å². The summed E-state index contributed by atoms with van der Waals surface area (Å²) in [5.41, 5.74) is 0. The van der Waals surface area contributed by atoms with Gasteiger partial charge in [-0.15, -0.1) is 11.6 Å². The molecule has 0 amide bonds. The van der Waals surface area contributed by atoms with Crippen LogP contribution >= 0.6 is 11.6 Å². The van der Waals surface area contributed by atoms with Crippen molar-refractivity contribution in [3.8, 4) is 5.75 Å². The summed E-state index contributed by atoms with van der Waals surface area (Å²) in [5, 5.41) is 0. The predicted octanol–water partition coefficient (Wildman–Crippen LogP) is 1.70. The summed E-state index contributed by atoms with van der Waals surface area (Å²) < 4.78 is 42.2. The Bertz CT molecular complexity index is 464. The number of sulfonamides is 1. The molecule has 0 saturated carbocycles. The van der Waals surface area contributed by atoms with Crippen LogP contribution in [0.4, 0.5) is 4.39 Å². The summed E-state index contributed by atoms with van der Waals surface area (Å²) in [6.45, 7) is 0.417. The van der Waals surface area contributed by atoms with E-state index in [-0.39, 0.29) is 30.6 Å². The molecule has 0 saturated heterocycles. The van der Waals surface area contributed by atoms with E-state index in [0.29, 0.717) is 5.75 Å². The number of alkyl halides is 1. The molecule has 0 heterocycles. The number of benzene rings is 1. The molecule has 0 aromatic heterocycles. The largest absolute Gasteiger partial charge is 0.492 e. The van der Waals surface area contributed by atoms with Gasteiger partial charge in [0, 0.05) is 19.5 Å². The molecule has 0 spiro atoms. The number of nitrogens with zero attached hydrogens (tertiary/aromatic N) is 1. The summed E-state index contributed by atoms with van der Waals surface area (Å²) in [6.07, 6.45) is 0. The van der Waals surface area contributed by atoms with E-state index in [1.807, 2.05) is 0 Å². The fourth-order valence-corrected chi connectivity index (χ4v) is 2.66. The van der Waals surface area contributed by atoms with Gasteiger partial charge < -0.3 is 4.74 Å². The van der Waals surface area contributed by atoms with E-state index in [1.165, 1.54) is 35.6 Å². The minimum absolute atomic E-state index is 0.0610. The second-order valence-corrected chi connectivity index (χ2v) is 6.20. The van der Waals surface area contributed by atoms with E-state index in [1.54, 1.807) is 0 Å². The van der Waals surface area contributed by atoms with Crippen molar-refractivity contribution in [2.24, 2.45) is 0 Å². The topological polar surface area (TPSA) is 46.6 Å². The van der Waals surface area contributed by atoms with Crippen LogP contribution in [0.2, 0.25) is 0 Å². The van der Waals surface area contributed by atoms with Crippen molar-refractivity contribution in [2.45, 2.75) is 0 Å². The smallest absolute Gasteiger partial charge is 0.215 e. The fraction of sp³-hybridized carbons (Fsp3) is 0.455. The van der Waals surface area contributed by atoms with Crippen LogP contribution in [0.15, 0.2) is 24.3 Å². The molecule has 1 aromatic carbocycles. The van der Waals surface area contributed by atoms with Crippen LogP contribution in [-0.2, 0) is 10.0 Å². The van der Waals surface area contributed by atoms with Crippen molar-refractivity contribution in [3.63, 3.8) is 0 Å². The molecular formula is C11H15ClFNO3S. The third-order valence-electron chi connectivity index (χ3n) is 2.30. The Morgan fingerprint density at radius 3 is 2.50 bits per heavy atom. The number of rotatable bonds is 7. The van der Waals surface area contributed by atoms with Crippen LogP contribution in [0.3, 0.4) is 0 Å². The van der Waals surface area contributed by atoms with Crippen molar-refractivity contribution in [1.82, 2.24) is 4.31 Å². The average Bonchev–Trinajstić information content (AvgIpc) is 2.31. The Hall–Kier alpha value is -0.850. The molecule has 0 aliphatic heterocycles. The van der Waals surface area contributed by atoms with Gasteiger partial charge in [-0.1, -0.05) is 0 Å². The van der Waals surface area contributed by atoms with E-state index in [2.05, 4.69) is 0 Å². The van der Waals surface area contributed by atoms with Gasteiger partial charge in [-0.25, -0.2) is 17.1 Å². The summed E-state index contributed by atoms with van der Waals surface area (Å²) in [4.78, 5) is 0. The first-order valence-corrected chi connectivity index (χ1v) is 7.48. The summed E-state index contributed by atoms with van der Waals surface area (Å²) >= 11 is 5.40. The van der Waals surface area contributed by atoms with Crippen LogP contribution in [0.25, 0.3) is 0 Å². The number of halogens is 2. The first kappa shape index (κ1) is 15.2. The highest BCUT2D eigenvalue weighted by molar-refractivity contribution is 7.89. The molecule has 1 aromatic rings. The first-order valence-electron chi connectivity index (χ1n) is 5.34. The molecule has 1 rings (SSSR count). The highest BCUT2D eigenvalue weighted by atomic mass is 35.5. The lowest BCUT2D eigenvalue weighted by atomic mass is 10.3. The second kappa shape index (κ2) is 6.92. The molecule has 0 bridgehead atoms. The molecular weight excluding hydrogens is 281 g/mol. The minimum Gasteiger partial charge on any atom is -0.492 e. The van der Waals surface area contributed by atoms with E-state index in [4.69, 9.17) is 16.3 Å². The molecule has 7 heteroatoms. The van der Waals surface area contributed by atoms with E-state index >= 15 is 0 Å². The number of likely N-dealkylation sites (N-methyl/N-ethyl adjacent to an activating group) is 1. The van der Waals surface area contributed by atoms with E-state index in [9.17, 15) is 12.8 Å². The van der Waals surface area contributed by atoms with Crippen molar-refractivity contribution in [1.29, 1.82) is 0 Å². The number of hydrogen-bond acceptors (Lipinski definition) is 3. The van der Waals surface area contributed by atoms with Gasteiger partial charge in [-0.2, -0.15) is 0 Å². The van der Waals surface area contributed by atoms with Crippen LogP contribution in [-0.4, -0.2) is 44.6 Å². The Balaban J connectivity index is 2.40. The normalized spacial score (nSPS) is 11.8. The lowest BCUT2D eigenvalue weighted by Gasteiger charge is -2.16. The molecule has 0 fully saturated rings. The zero-order chi connectivity index (χ0) is 13.6. The summed E-state index contributed by atoms with van der Waals surface area (Å²) in [6, 6.07) is 5.54. The van der Waals surface area contributed by atoms with Gasteiger partial charge >= 0.3 is 0 Å². The zero-order valence-corrected chi connectivity index (χ0v) is 11.5. The second-order valence-electron chi connectivity index (χ2n) is 3.63. The Labute approximate surface area is 111 Å². The quantitative estimate of drug-likeness (QED) is 0.720. The van der Waals surface area contributed by atoms with Gasteiger partial charge in [-0.3, -0.25) is 0 Å². The summed E-state index contributed by atoms with van der Waals surface area (Å²) in [7, 11) is -1.84. The van der Waals surface area contributed by atoms with Crippen LogP contribution in [0.1, 0.15) is 0 Å². The first-order chi connectivity index (χ1) is 8.45. The van der Waals surface area contributed by atoms with Crippen LogP contribution < -0.4 is 4.74 Å². The van der Waals surface area contributed by atoms with Crippen molar-refractivity contribution < 1.29 is 17.5 Å². The van der Waals surface area contributed by atoms with E-state index < -0.39 is 10.0 Å². The van der Waals surface area contributed by atoms with Gasteiger partial charge in [0.15, 0.2) is 0 Å². The molecule has 0 atom stereocenters. The molecule has 102 valence electrons. The van der Waals surface area contributed by atoms with Crippen molar-refractivity contribution in [3.05, 3.63) is 30.1 Å². The Kier molecular flexibility index (Phi) is 5.84. The SMILES string of the molecule is CN(CCOc1ccc(F)cc1)S(=O)(=O)CCCl. The van der Waals surface area contributed by atoms with Gasteiger partial charge in [0.2, 0.25) is 10.0 Å². The maximum Gasteiger partial charge on any atom is 0.215 e. The molecule has 18 heavy (non-hydrogen) atoms. The maximum absolute atomic E-state index is 12.6. The van der Waals surface area contributed by atoms with Crippen molar-refractivity contribution >= 4 is 21.6 Å². The van der Waals surface area contributed by atoms with Gasteiger partial charge in [0.25, 0.3) is 0 Å². The number of ether oxygens (including phenoxy) is 1. The molecule has 0 N–H and O–H groups in total. The van der Waals surface area contributed by atoms with Crippen LogP contribution in [0.5, 0.6) is 5.75 Å². The van der Waals surface area contributed by atoms with Crippen molar-refractivity contribution in [2.75, 3.05) is 31.8 Å². The number of hydrogen-bond donors (Lipinski definition) is 0. The predicted molar refractivity (Wildman–Crippen MR) is 69.0 cm³/mol. The maximum atomic E-state index is 12.6. The molecule has 0 unspecified atom stereocenters. The van der Waals surface area contributed by atoms with Gasteiger partial charge in [-0.05, 0) is 24.3 Å². The van der Waals surface area contributed by atoms with Crippen LogP contribution in [0, 0.1) is 5.82 Å². The monoisotopic (exact) mass is 295 g/mol. The third-order valence-corrected chi connectivity index (χ3v) is 4.56. The Morgan fingerprint density at radius 2 is 1.94 bits per heavy atom.